The van der Waals surface area contributed by atoms with E-state index in [0.717, 1.165) is 21.6 Å². The Bertz CT molecular complexity index is 1250. The minimum atomic E-state index is -0.519. The minimum absolute atomic E-state index is 0.121. The number of esters is 1. The summed E-state index contributed by atoms with van der Waals surface area (Å²) >= 11 is 1.51. The number of benzene rings is 1. The maximum Gasteiger partial charge on any atom is 0.374 e. The topological polar surface area (TPSA) is 74.3 Å². The van der Waals surface area contributed by atoms with Gasteiger partial charge in [-0.25, -0.2) is 9.78 Å². The molecule has 148 valence electrons. The average Bonchev–Trinajstić information content (AvgIpc) is 3.29. The molecular formula is C22H20N2O4S. The van der Waals surface area contributed by atoms with Crippen LogP contribution in [-0.2, 0) is 11.3 Å². The maximum absolute atomic E-state index is 13.2. The van der Waals surface area contributed by atoms with Crippen LogP contribution in [0.1, 0.15) is 33.7 Å². The van der Waals surface area contributed by atoms with Crippen LogP contribution >= 0.6 is 11.3 Å². The van der Waals surface area contributed by atoms with Crippen molar-refractivity contribution in [3.8, 4) is 11.1 Å². The van der Waals surface area contributed by atoms with E-state index < -0.39 is 5.97 Å². The summed E-state index contributed by atoms with van der Waals surface area (Å²) in [5.41, 5.74) is 2.95. The second-order valence-electron chi connectivity index (χ2n) is 6.74. The molecular weight excluding hydrogens is 388 g/mol. The molecule has 3 heterocycles. The van der Waals surface area contributed by atoms with E-state index in [4.69, 9.17) is 9.15 Å². The number of fused-ring (bicyclic) bond motifs is 1. The van der Waals surface area contributed by atoms with Crippen molar-refractivity contribution >= 4 is 27.5 Å². The van der Waals surface area contributed by atoms with Gasteiger partial charge in [-0.1, -0.05) is 29.8 Å². The lowest BCUT2D eigenvalue weighted by molar-refractivity contribution is 0.0488. The van der Waals surface area contributed by atoms with Gasteiger partial charge >= 0.3 is 5.97 Å². The molecule has 0 N–H and O–H groups in total. The quantitative estimate of drug-likeness (QED) is 0.453. The van der Waals surface area contributed by atoms with E-state index in [-0.39, 0.29) is 24.5 Å². The van der Waals surface area contributed by atoms with Crippen molar-refractivity contribution in [3.05, 3.63) is 75.0 Å². The monoisotopic (exact) mass is 408 g/mol. The Hall–Kier alpha value is -3.19. The Morgan fingerprint density at radius 1 is 1.17 bits per heavy atom. The Kier molecular flexibility index (Phi) is 5.07. The third-order valence-electron chi connectivity index (χ3n) is 4.66. The minimum Gasteiger partial charge on any atom is -0.460 e. The second kappa shape index (κ2) is 7.67. The van der Waals surface area contributed by atoms with Gasteiger partial charge in [-0.2, -0.15) is 0 Å². The maximum atomic E-state index is 13.2. The number of hydrogen-bond donors (Lipinski definition) is 0. The molecule has 4 aromatic rings. The van der Waals surface area contributed by atoms with Crippen LogP contribution in [0.2, 0.25) is 0 Å². The van der Waals surface area contributed by atoms with Crippen molar-refractivity contribution in [2.75, 3.05) is 6.61 Å². The van der Waals surface area contributed by atoms with Gasteiger partial charge in [-0.15, -0.1) is 11.3 Å². The molecule has 0 aliphatic heterocycles. The van der Waals surface area contributed by atoms with Crippen LogP contribution in [0.4, 0.5) is 0 Å². The SMILES string of the molecule is CCOC(=O)c1ccc(Cn2cnc3sc(C)c(-c4ccc(C)cc4)c3c2=O)o1. The molecule has 0 atom stereocenters. The first-order chi connectivity index (χ1) is 14.0. The molecule has 0 aliphatic rings. The van der Waals surface area contributed by atoms with Crippen molar-refractivity contribution in [3.63, 3.8) is 0 Å². The van der Waals surface area contributed by atoms with E-state index in [0.29, 0.717) is 16.0 Å². The molecule has 0 spiro atoms. The van der Waals surface area contributed by atoms with Gasteiger partial charge in [0.15, 0.2) is 0 Å². The smallest absolute Gasteiger partial charge is 0.374 e. The summed E-state index contributed by atoms with van der Waals surface area (Å²) in [5, 5.41) is 0.607. The molecule has 1 aromatic carbocycles. The first kappa shape index (κ1) is 19.1. The zero-order valence-electron chi connectivity index (χ0n) is 16.4. The van der Waals surface area contributed by atoms with Gasteiger partial charge in [0.1, 0.15) is 10.6 Å². The van der Waals surface area contributed by atoms with Gasteiger partial charge in [0.2, 0.25) is 5.76 Å². The number of carbonyl (C=O) groups is 1. The molecule has 4 rings (SSSR count). The predicted octanol–water partition coefficient (Wildman–Crippen LogP) is 4.56. The molecule has 0 saturated heterocycles. The summed E-state index contributed by atoms with van der Waals surface area (Å²) in [6.45, 7) is 6.22. The summed E-state index contributed by atoms with van der Waals surface area (Å²) in [6.07, 6.45) is 1.52. The molecule has 0 radical (unpaired) electrons. The number of thiophene rings is 1. The summed E-state index contributed by atoms with van der Waals surface area (Å²) in [5.74, 6) is 0.0885. The third-order valence-corrected chi connectivity index (χ3v) is 5.67. The van der Waals surface area contributed by atoms with Gasteiger partial charge < -0.3 is 9.15 Å². The Morgan fingerprint density at radius 3 is 2.66 bits per heavy atom. The third kappa shape index (κ3) is 3.61. The summed E-state index contributed by atoms with van der Waals surface area (Å²) in [4.78, 5) is 31.3. The molecule has 3 aromatic heterocycles. The van der Waals surface area contributed by atoms with Crippen molar-refractivity contribution in [2.24, 2.45) is 0 Å². The number of rotatable bonds is 5. The number of aryl methyl sites for hydroxylation is 2. The summed E-state index contributed by atoms with van der Waals surface area (Å²) < 4.78 is 12.0. The number of ether oxygens (including phenoxy) is 1. The molecule has 6 nitrogen and oxygen atoms in total. The number of nitrogens with zero attached hydrogens (tertiary/aromatic N) is 2. The predicted molar refractivity (Wildman–Crippen MR) is 113 cm³/mol. The fourth-order valence-electron chi connectivity index (χ4n) is 3.26. The molecule has 0 bridgehead atoms. The van der Waals surface area contributed by atoms with Gasteiger partial charge in [0, 0.05) is 10.4 Å². The van der Waals surface area contributed by atoms with Crippen LogP contribution in [0.15, 0.2) is 51.9 Å². The largest absolute Gasteiger partial charge is 0.460 e. The Labute approximate surface area is 171 Å². The lowest BCUT2D eigenvalue weighted by Crippen LogP contribution is -2.20. The van der Waals surface area contributed by atoms with Crippen LogP contribution in [0, 0.1) is 13.8 Å². The van der Waals surface area contributed by atoms with Crippen LogP contribution in [0.3, 0.4) is 0 Å². The molecule has 29 heavy (non-hydrogen) atoms. The van der Waals surface area contributed by atoms with Crippen LogP contribution in [-0.4, -0.2) is 22.1 Å². The summed E-state index contributed by atoms with van der Waals surface area (Å²) in [6, 6.07) is 11.3. The lowest BCUT2D eigenvalue weighted by atomic mass is 10.0. The highest BCUT2D eigenvalue weighted by Gasteiger charge is 2.18. The average molecular weight is 408 g/mol. The highest BCUT2D eigenvalue weighted by Crippen LogP contribution is 2.35. The normalized spacial score (nSPS) is 11.1. The standard InChI is InChI=1S/C22H20N2O4S/c1-4-27-22(26)17-10-9-16(28-17)11-24-12-23-20-19(21(24)25)18(14(3)29-20)15-7-5-13(2)6-8-15/h5-10,12H,4,11H2,1-3H3. The highest BCUT2D eigenvalue weighted by atomic mass is 32.1. The zero-order valence-corrected chi connectivity index (χ0v) is 17.2. The van der Waals surface area contributed by atoms with Crippen molar-refractivity contribution in [1.82, 2.24) is 9.55 Å². The van der Waals surface area contributed by atoms with E-state index >= 15 is 0 Å². The Morgan fingerprint density at radius 2 is 1.93 bits per heavy atom. The number of aromatic nitrogens is 2. The fraction of sp³-hybridized carbons (Fsp3) is 0.227. The van der Waals surface area contributed by atoms with Crippen LogP contribution in [0.25, 0.3) is 21.3 Å². The molecule has 0 saturated carbocycles. The number of furan rings is 1. The van der Waals surface area contributed by atoms with E-state index in [1.165, 1.54) is 22.2 Å². The Balaban J connectivity index is 1.75. The molecule has 7 heteroatoms. The molecule has 0 unspecified atom stereocenters. The van der Waals surface area contributed by atoms with Crippen LogP contribution in [0.5, 0.6) is 0 Å². The summed E-state index contributed by atoms with van der Waals surface area (Å²) in [7, 11) is 0. The van der Waals surface area contributed by atoms with Gasteiger partial charge in [-0.3, -0.25) is 9.36 Å². The zero-order chi connectivity index (χ0) is 20.5. The first-order valence-electron chi connectivity index (χ1n) is 9.29. The van der Waals surface area contributed by atoms with Crippen molar-refractivity contribution in [1.29, 1.82) is 0 Å². The number of hydrogen-bond acceptors (Lipinski definition) is 6. The van der Waals surface area contributed by atoms with E-state index in [9.17, 15) is 9.59 Å². The number of carbonyl (C=O) groups excluding carboxylic acids is 1. The highest BCUT2D eigenvalue weighted by molar-refractivity contribution is 7.19. The lowest BCUT2D eigenvalue weighted by Gasteiger charge is -2.06. The molecule has 0 fully saturated rings. The van der Waals surface area contributed by atoms with Crippen molar-refractivity contribution in [2.45, 2.75) is 27.3 Å². The molecule has 0 aliphatic carbocycles. The first-order valence-corrected chi connectivity index (χ1v) is 10.1. The second-order valence-corrected chi connectivity index (χ2v) is 7.95. The molecule has 0 amide bonds. The van der Waals surface area contributed by atoms with Crippen molar-refractivity contribution < 1.29 is 13.9 Å². The van der Waals surface area contributed by atoms with E-state index in [2.05, 4.69) is 4.98 Å². The van der Waals surface area contributed by atoms with Gasteiger partial charge in [-0.05, 0) is 38.5 Å². The fourth-order valence-corrected chi connectivity index (χ4v) is 4.26. The van der Waals surface area contributed by atoms with Crippen LogP contribution < -0.4 is 5.56 Å². The van der Waals surface area contributed by atoms with E-state index in [1.807, 2.05) is 38.1 Å². The van der Waals surface area contributed by atoms with Gasteiger partial charge in [0.25, 0.3) is 5.56 Å². The van der Waals surface area contributed by atoms with Gasteiger partial charge in [0.05, 0.1) is 24.9 Å². The van der Waals surface area contributed by atoms with E-state index in [1.54, 1.807) is 19.1 Å².